The Bertz CT molecular complexity index is 1370. The van der Waals surface area contributed by atoms with Crippen molar-refractivity contribution in [3.05, 3.63) is 70.8 Å². The fourth-order valence-electron chi connectivity index (χ4n) is 5.34. The summed E-state index contributed by atoms with van der Waals surface area (Å²) in [5.41, 5.74) is 2.26. The fourth-order valence-corrected chi connectivity index (χ4v) is 5.34. The largest absolute Gasteiger partial charge is 0.504 e. The molecule has 1 aliphatic rings. The summed E-state index contributed by atoms with van der Waals surface area (Å²) in [5, 5.41) is 42.4. The van der Waals surface area contributed by atoms with E-state index in [-0.39, 0.29) is 47.1 Å². The predicted octanol–water partition coefficient (Wildman–Crippen LogP) is 3.52. The molecule has 0 spiro atoms. The first-order valence-corrected chi connectivity index (χ1v) is 13.2. The molecule has 1 saturated heterocycles. The number of phenols is 2. The maximum atomic E-state index is 12.8. The minimum atomic E-state index is -1.25. The van der Waals surface area contributed by atoms with Crippen molar-refractivity contribution in [3.8, 4) is 34.5 Å². The van der Waals surface area contributed by atoms with Gasteiger partial charge in [-0.05, 0) is 59.9 Å². The van der Waals surface area contributed by atoms with Crippen molar-refractivity contribution >= 4 is 5.97 Å². The topological polar surface area (TPSA) is 144 Å². The second-order valence-electron chi connectivity index (χ2n) is 10.00. The van der Waals surface area contributed by atoms with Crippen LogP contribution in [0.2, 0.25) is 0 Å². The number of carbonyl (C=O) groups is 1. The lowest BCUT2D eigenvalue weighted by Crippen LogP contribution is -2.21. The van der Waals surface area contributed by atoms with E-state index < -0.39 is 24.5 Å². The molecule has 10 heteroatoms. The highest BCUT2D eigenvalue weighted by molar-refractivity contribution is 5.75. The number of esters is 1. The molecule has 4 N–H and O–H groups in total. The molecule has 0 bridgehead atoms. The number of hydrogen-bond donors (Lipinski definition) is 4. The summed E-state index contributed by atoms with van der Waals surface area (Å²) in [4.78, 5) is 12.8. The van der Waals surface area contributed by atoms with Crippen molar-refractivity contribution in [2.24, 2.45) is 11.8 Å². The number of hydrogen-bond acceptors (Lipinski definition) is 10. The van der Waals surface area contributed by atoms with Crippen LogP contribution in [0, 0.1) is 11.8 Å². The zero-order valence-corrected chi connectivity index (χ0v) is 23.5. The molecule has 0 saturated carbocycles. The lowest BCUT2D eigenvalue weighted by Gasteiger charge is -2.25. The molecule has 4 rings (SSSR count). The number of cyclic esters (lactones) is 1. The average Bonchev–Trinajstić information content (AvgIpc) is 3.32. The Hall–Kier alpha value is -4.15. The van der Waals surface area contributed by atoms with Crippen LogP contribution in [0.3, 0.4) is 0 Å². The quantitative estimate of drug-likeness (QED) is 0.240. The summed E-state index contributed by atoms with van der Waals surface area (Å²) in [5.74, 6) is -0.658. The van der Waals surface area contributed by atoms with Gasteiger partial charge in [0.15, 0.2) is 34.5 Å². The van der Waals surface area contributed by atoms with Crippen LogP contribution >= 0.6 is 0 Å². The first kappa shape index (κ1) is 29.8. The van der Waals surface area contributed by atoms with Crippen molar-refractivity contribution in [3.63, 3.8) is 0 Å². The molecule has 0 aliphatic carbocycles. The normalized spacial score (nSPS) is 18.0. The van der Waals surface area contributed by atoms with E-state index in [0.29, 0.717) is 35.5 Å². The van der Waals surface area contributed by atoms with E-state index >= 15 is 0 Å². The molecule has 1 fully saturated rings. The molecular weight excluding hydrogens is 532 g/mol. The lowest BCUT2D eigenvalue weighted by molar-refractivity contribution is -0.141. The summed E-state index contributed by atoms with van der Waals surface area (Å²) in [6.45, 7) is -0.238. The molecule has 0 aromatic heterocycles. The zero-order valence-electron chi connectivity index (χ0n) is 23.5. The molecule has 0 amide bonds. The van der Waals surface area contributed by atoms with Gasteiger partial charge in [-0.15, -0.1) is 0 Å². The van der Waals surface area contributed by atoms with Crippen LogP contribution < -0.4 is 18.9 Å². The second kappa shape index (κ2) is 13.0. The van der Waals surface area contributed by atoms with Gasteiger partial charge in [0.2, 0.25) is 0 Å². The van der Waals surface area contributed by atoms with Gasteiger partial charge in [-0.3, -0.25) is 4.79 Å². The minimum absolute atomic E-state index is 0.0957. The van der Waals surface area contributed by atoms with Crippen LogP contribution in [0.25, 0.3) is 0 Å². The minimum Gasteiger partial charge on any atom is -0.504 e. The molecule has 3 aromatic rings. The monoisotopic (exact) mass is 568 g/mol. The molecule has 4 atom stereocenters. The number of carbonyl (C=O) groups excluding carboxylic acids is 1. The van der Waals surface area contributed by atoms with E-state index in [1.165, 1.54) is 32.4 Å². The number of aromatic hydroxyl groups is 2. The highest BCUT2D eigenvalue weighted by Gasteiger charge is 2.37. The average molecular weight is 569 g/mol. The van der Waals surface area contributed by atoms with Crippen LogP contribution in [0.15, 0.2) is 48.5 Å². The van der Waals surface area contributed by atoms with Crippen LogP contribution in [-0.4, -0.2) is 68.0 Å². The van der Waals surface area contributed by atoms with E-state index in [0.717, 1.165) is 5.56 Å². The SMILES string of the molecule is COc1cc([C@@H](O)[C@@H](CO)c2cc(C[C@@H]3C(=O)OC[C@H]3Cc3ccc(OC)c(OC)c3)cc(OC)c2O)ccc1O. The van der Waals surface area contributed by atoms with Gasteiger partial charge >= 0.3 is 5.97 Å². The van der Waals surface area contributed by atoms with Crippen LogP contribution in [0.4, 0.5) is 0 Å². The Morgan fingerprint density at radius 3 is 2.17 bits per heavy atom. The van der Waals surface area contributed by atoms with Crippen molar-refractivity contribution < 1.29 is 48.9 Å². The van der Waals surface area contributed by atoms with Gasteiger partial charge in [0.1, 0.15) is 0 Å². The van der Waals surface area contributed by atoms with E-state index in [9.17, 15) is 25.2 Å². The highest BCUT2D eigenvalue weighted by Crippen LogP contribution is 2.43. The Morgan fingerprint density at radius 2 is 1.51 bits per heavy atom. The van der Waals surface area contributed by atoms with Crippen molar-refractivity contribution in [2.45, 2.75) is 24.9 Å². The molecule has 0 radical (unpaired) electrons. The number of aliphatic hydroxyl groups excluding tert-OH is 2. The van der Waals surface area contributed by atoms with Gasteiger partial charge in [-0.1, -0.05) is 18.2 Å². The van der Waals surface area contributed by atoms with Crippen LogP contribution in [0.5, 0.6) is 34.5 Å². The first-order chi connectivity index (χ1) is 19.7. The number of methoxy groups -OCH3 is 4. The van der Waals surface area contributed by atoms with Gasteiger partial charge in [0.25, 0.3) is 0 Å². The molecular formula is C31H36O10. The zero-order chi connectivity index (χ0) is 29.7. The summed E-state index contributed by atoms with van der Waals surface area (Å²) < 4.78 is 26.7. The molecule has 41 heavy (non-hydrogen) atoms. The standard InChI is InChI=1S/C31H36O10/c1-37-25-8-5-17(12-27(25)39-3)9-20-16-41-31(36)21(20)10-18-11-22(30(35)28(13-18)40-4)23(15-32)29(34)19-6-7-24(33)26(14-19)38-2/h5-8,11-14,20-21,23,29,32-35H,9-10,15-16H2,1-4H3/t20-,21+,23+,29-/m1/s1. The third-order valence-corrected chi connectivity index (χ3v) is 7.62. The first-order valence-electron chi connectivity index (χ1n) is 13.2. The van der Waals surface area contributed by atoms with Crippen molar-refractivity contribution in [1.82, 2.24) is 0 Å². The number of aliphatic hydroxyl groups is 2. The maximum absolute atomic E-state index is 12.8. The number of phenolic OH excluding ortho intramolecular Hbond substituents is 2. The molecule has 220 valence electrons. The van der Waals surface area contributed by atoms with Gasteiger partial charge < -0.3 is 44.1 Å². The Labute approximate surface area is 238 Å². The van der Waals surface area contributed by atoms with Gasteiger partial charge in [-0.25, -0.2) is 0 Å². The summed E-state index contributed by atoms with van der Waals surface area (Å²) in [7, 11) is 5.93. The molecule has 1 heterocycles. The molecule has 10 nitrogen and oxygen atoms in total. The van der Waals surface area contributed by atoms with Crippen LogP contribution in [-0.2, 0) is 22.4 Å². The molecule has 0 unspecified atom stereocenters. The summed E-state index contributed by atoms with van der Waals surface area (Å²) in [6.07, 6.45) is -0.393. The Kier molecular flexibility index (Phi) is 9.46. The van der Waals surface area contributed by atoms with Crippen LogP contribution in [0.1, 0.15) is 34.3 Å². The third-order valence-electron chi connectivity index (χ3n) is 7.62. The third kappa shape index (κ3) is 6.28. The van der Waals surface area contributed by atoms with Gasteiger partial charge in [-0.2, -0.15) is 0 Å². The fraction of sp³-hybridized carbons (Fsp3) is 0.387. The van der Waals surface area contributed by atoms with E-state index in [2.05, 4.69) is 0 Å². The highest BCUT2D eigenvalue weighted by atomic mass is 16.5. The molecule has 1 aliphatic heterocycles. The van der Waals surface area contributed by atoms with E-state index in [1.807, 2.05) is 18.2 Å². The van der Waals surface area contributed by atoms with E-state index in [4.69, 9.17) is 23.7 Å². The number of benzene rings is 3. The number of ether oxygens (including phenoxy) is 5. The maximum Gasteiger partial charge on any atom is 0.309 e. The van der Waals surface area contributed by atoms with E-state index in [1.54, 1.807) is 26.4 Å². The predicted molar refractivity (Wildman–Crippen MR) is 149 cm³/mol. The van der Waals surface area contributed by atoms with Gasteiger partial charge in [0, 0.05) is 17.4 Å². The summed E-state index contributed by atoms with van der Waals surface area (Å²) in [6, 6.07) is 13.3. The van der Waals surface area contributed by atoms with Crippen molar-refractivity contribution in [1.29, 1.82) is 0 Å². The Morgan fingerprint density at radius 1 is 0.829 bits per heavy atom. The lowest BCUT2D eigenvalue weighted by atomic mass is 9.83. The molecule has 3 aromatic carbocycles. The number of rotatable bonds is 12. The Balaban J connectivity index is 1.63. The smallest absolute Gasteiger partial charge is 0.309 e. The second-order valence-corrected chi connectivity index (χ2v) is 10.00. The van der Waals surface area contributed by atoms with Crippen molar-refractivity contribution in [2.75, 3.05) is 41.7 Å². The van der Waals surface area contributed by atoms with Gasteiger partial charge in [0.05, 0.1) is 53.7 Å². The summed E-state index contributed by atoms with van der Waals surface area (Å²) >= 11 is 0.